The van der Waals surface area contributed by atoms with E-state index in [1.54, 1.807) is 17.3 Å². The number of carbonyl (C=O) groups excluding carboxylic acids is 1. The van der Waals surface area contributed by atoms with E-state index in [0.29, 0.717) is 26.2 Å². The van der Waals surface area contributed by atoms with Crippen molar-refractivity contribution in [2.24, 2.45) is 0 Å². The van der Waals surface area contributed by atoms with Crippen LogP contribution in [0, 0.1) is 0 Å². The molecule has 0 atom stereocenters. The number of aromatic nitrogens is 3. The molecule has 0 radical (unpaired) electrons. The second-order valence-corrected chi connectivity index (χ2v) is 5.47. The third kappa shape index (κ3) is 3.66. The lowest BCUT2D eigenvalue weighted by Crippen LogP contribution is -2.49. The number of carbonyl (C=O) groups is 1. The first-order chi connectivity index (χ1) is 11.4. The Balaban J connectivity index is 1.55. The van der Waals surface area contributed by atoms with Crippen LogP contribution in [0.5, 0.6) is 0 Å². The Bertz CT molecular complexity index is 693. The summed E-state index contributed by atoms with van der Waals surface area (Å²) in [5, 5.41) is 3.41. The smallest absolute Gasteiger partial charge is 0.368 e. The molecule has 0 spiro atoms. The first-order valence-electron chi connectivity index (χ1n) is 7.47. The van der Waals surface area contributed by atoms with Crippen molar-refractivity contribution in [3.63, 3.8) is 0 Å². The van der Waals surface area contributed by atoms with Crippen LogP contribution in [0.4, 0.5) is 18.9 Å². The molecule has 6 nitrogen and oxygen atoms in total. The maximum Gasteiger partial charge on any atom is 0.435 e. The van der Waals surface area contributed by atoms with E-state index in [2.05, 4.69) is 15.0 Å². The second kappa shape index (κ2) is 6.50. The monoisotopic (exact) mass is 339 g/mol. The van der Waals surface area contributed by atoms with Gasteiger partial charge in [-0.3, -0.25) is 14.5 Å². The fourth-order valence-corrected chi connectivity index (χ4v) is 2.61. The highest BCUT2D eigenvalue weighted by Crippen LogP contribution is 2.27. The highest BCUT2D eigenvalue weighted by Gasteiger charge is 2.33. The fraction of sp³-hybridized carbons (Fsp3) is 0.400. The summed E-state index contributed by atoms with van der Waals surface area (Å²) in [6.45, 7) is 2.19. The molecule has 24 heavy (non-hydrogen) atoms. The molecule has 1 aliphatic rings. The van der Waals surface area contributed by atoms with Gasteiger partial charge in [-0.15, -0.1) is 0 Å². The average molecular weight is 339 g/mol. The highest BCUT2D eigenvalue weighted by molar-refractivity contribution is 5.76. The minimum atomic E-state index is -4.50. The normalized spacial score (nSPS) is 15.6. The Labute approximate surface area is 136 Å². The van der Waals surface area contributed by atoms with Crippen molar-refractivity contribution in [1.82, 2.24) is 19.7 Å². The van der Waals surface area contributed by atoms with Crippen LogP contribution in [0.15, 0.2) is 36.8 Å². The van der Waals surface area contributed by atoms with Gasteiger partial charge in [-0.25, -0.2) is 0 Å². The molecule has 2 aromatic heterocycles. The van der Waals surface area contributed by atoms with Crippen LogP contribution >= 0.6 is 0 Å². The van der Waals surface area contributed by atoms with Crippen LogP contribution in [0.1, 0.15) is 5.69 Å². The third-order valence-electron chi connectivity index (χ3n) is 3.89. The zero-order valence-corrected chi connectivity index (χ0v) is 12.8. The van der Waals surface area contributed by atoms with Crippen LogP contribution in [0.3, 0.4) is 0 Å². The fourth-order valence-electron chi connectivity index (χ4n) is 2.61. The van der Waals surface area contributed by atoms with Crippen molar-refractivity contribution >= 4 is 11.6 Å². The molecule has 3 heterocycles. The maximum atomic E-state index is 12.5. The molecule has 0 bridgehead atoms. The number of piperazine rings is 1. The lowest BCUT2D eigenvalue weighted by atomic mass is 10.2. The summed E-state index contributed by atoms with van der Waals surface area (Å²) >= 11 is 0. The molecule has 2 aromatic rings. The Morgan fingerprint density at radius 2 is 1.75 bits per heavy atom. The minimum absolute atomic E-state index is 0.189. The quantitative estimate of drug-likeness (QED) is 0.853. The zero-order valence-electron chi connectivity index (χ0n) is 12.8. The Hall–Kier alpha value is -2.58. The predicted octanol–water partition coefficient (Wildman–Crippen LogP) is 1.65. The van der Waals surface area contributed by atoms with Crippen LogP contribution < -0.4 is 4.90 Å². The van der Waals surface area contributed by atoms with Gasteiger partial charge in [-0.2, -0.15) is 18.3 Å². The summed E-state index contributed by atoms with van der Waals surface area (Å²) in [5.41, 5.74) is 0.0526. The number of anilines is 1. The van der Waals surface area contributed by atoms with Gasteiger partial charge in [0.25, 0.3) is 0 Å². The standard InChI is InChI=1S/C15H16F3N5O/c16-15(17,18)13-3-6-23(20-13)11-14(24)22-9-7-21(8-10-22)12-1-4-19-5-2-12/h1-6H,7-11H2. The van der Waals surface area contributed by atoms with Gasteiger partial charge in [-0.1, -0.05) is 0 Å². The van der Waals surface area contributed by atoms with E-state index >= 15 is 0 Å². The maximum absolute atomic E-state index is 12.5. The number of rotatable bonds is 3. The molecule has 0 unspecified atom stereocenters. The van der Waals surface area contributed by atoms with Crippen LogP contribution in [0.2, 0.25) is 0 Å². The molecule has 0 saturated carbocycles. The van der Waals surface area contributed by atoms with Crippen LogP contribution in [0.25, 0.3) is 0 Å². The van der Waals surface area contributed by atoms with E-state index in [-0.39, 0.29) is 12.5 Å². The molecule has 1 aliphatic heterocycles. The van der Waals surface area contributed by atoms with Crippen molar-refractivity contribution in [1.29, 1.82) is 0 Å². The topological polar surface area (TPSA) is 54.3 Å². The Morgan fingerprint density at radius 3 is 2.33 bits per heavy atom. The Kier molecular flexibility index (Phi) is 4.41. The number of alkyl halides is 3. The van der Waals surface area contributed by atoms with E-state index in [0.717, 1.165) is 16.4 Å². The molecule has 128 valence electrons. The number of pyridine rings is 1. The summed E-state index contributed by atoms with van der Waals surface area (Å²) in [7, 11) is 0. The van der Waals surface area contributed by atoms with Crippen molar-refractivity contribution in [3.8, 4) is 0 Å². The summed E-state index contributed by atoms with van der Waals surface area (Å²) < 4.78 is 38.6. The molecule has 1 amide bonds. The SMILES string of the molecule is O=C(Cn1ccc(C(F)(F)F)n1)N1CCN(c2ccncc2)CC1. The predicted molar refractivity (Wildman–Crippen MR) is 80.3 cm³/mol. The first-order valence-corrected chi connectivity index (χ1v) is 7.47. The van der Waals surface area contributed by atoms with Crippen LogP contribution in [-0.4, -0.2) is 51.8 Å². The van der Waals surface area contributed by atoms with Gasteiger partial charge in [-0.05, 0) is 18.2 Å². The van der Waals surface area contributed by atoms with Gasteiger partial charge in [0, 0.05) is 50.5 Å². The number of hydrogen-bond acceptors (Lipinski definition) is 4. The van der Waals surface area contributed by atoms with Crippen molar-refractivity contribution in [2.45, 2.75) is 12.7 Å². The van der Waals surface area contributed by atoms with Gasteiger partial charge < -0.3 is 9.80 Å². The minimum Gasteiger partial charge on any atom is -0.368 e. The van der Waals surface area contributed by atoms with Gasteiger partial charge in [0.15, 0.2) is 5.69 Å². The third-order valence-corrected chi connectivity index (χ3v) is 3.89. The van der Waals surface area contributed by atoms with E-state index in [4.69, 9.17) is 0 Å². The van der Waals surface area contributed by atoms with E-state index in [1.165, 1.54) is 6.20 Å². The van der Waals surface area contributed by atoms with Crippen LogP contribution in [-0.2, 0) is 17.5 Å². The number of amides is 1. The van der Waals surface area contributed by atoms with E-state index in [1.807, 2.05) is 12.1 Å². The lowest BCUT2D eigenvalue weighted by molar-refractivity contribution is -0.142. The molecule has 0 aliphatic carbocycles. The van der Waals surface area contributed by atoms with E-state index < -0.39 is 11.9 Å². The molecule has 9 heteroatoms. The average Bonchev–Trinajstić information content (AvgIpc) is 3.05. The molecule has 1 fully saturated rings. The highest BCUT2D eigenvalue weighted by atomic mass is 19.4. The lowest BCUT2D eigenvalue weighted by Gasteiger charge is -2.36. The molecule has 0 aromatic carbocycles. The number of hydrogen-bond donors (Lipinski definition) is 0. The van der Waals surface area contributed by atoms with Gasteiger partial charge in [0.2, 0.25) is 5.91 Å². The summed E-state index contributed by atoms with van der Waals surface area (Å²) in [5.74, 6) is -0.235. The number of halogens is 3. The summed E-state index contributed by atoms with van der Waals surface area (Å²) in [6.07, 6.45) is 0.101. The molecule has 1 saturated heterocycles. The summed E-state index contributed by atoms with van der Waals surface area (Å²) in [6, 6.07) is 4.68. The second-order valence-electron chi connectivity index (χ2n) is 5.47. The largest absolute Gasteiger partial charge is 0.435 e. The molecule has 3 rings (SSSR count). The van der Waals surface area contributed by atoms with Crippen molar-refractivity contribution in [2.75, 3.05) is 31.1 Å². The first kappa shape index (κ1) is 16.3. The molecular weight excluding hydrogens is 323 g/mol. The van der Waals surface area contributed by atoms with Gasteiger partial charge in [0.05, 0.1) is 0 Å². The van der Waals surface area contributed by atoms with Gasteiger partial charge >= 0.3 is 6.18 Å². The molecular formula is C15H16F3N5O. The number of nitrogens with zero attached hydrogens (tertiary/aromatic N) is 5. The van der Waals surface area contributed by atoms with Crippen molar-refractivity contribution in [3.05, 3.63) is 42.5 Å². The molecule has 0 N–H and O–H groups in total. The Morgan fingerprint density at radius 1 is 1.08 bits per heavy atom. The van der Waals surface area contributed by atoms with E-state index in [9.17, 15) is 18.0 Å². The summed E-state index contributed by atoms with van der Waals surface area (Å²) in [4.78, 5) is 20.0. The van der Waals surface area contributed by atoms with Gasteiger partial charge in [0.1, 0.15) is 6.54 Å². The zero-order chi connectivity index (χ0) is 17.2. The van der Waals surface area contributed by atoms with Crippen molar-refractivity contribution < 1.29 is 18.0 Å².